The number of aliphatic hydroxyl groups excluding tert-OH is 2. The zero-order valence-electron chi connectivity index (χ0n) is 30.8. The van der Waals surface area contributed by atoms with Crippen molar-refractivity contribution >= 4 is 35.5 Å². The lowest BCUT2D eigenvalue weighted by Gasteiger charge is -2.37. The topological polar surface area (TPSA) is 238 Å². The Morgan fingerprint density at radius 1 is 0.720 bits per heavy atom. The molecule has 15 nitrogen and oxygen atoms in total. The molecule has 286 valence electrons. The number of methoxy groups -OCH3 is 1. The second kappa shape index (κ2) is 20.5. The predicted molar refractivity (Wildman–Crippen MR) is 186 cm³/mol. The Kier molecular flexibility index (Phi) is 17.6. The highest BCUT2D eigenvalue weighted by Crippen LogP contribution is 2.37. The van der Waals surface area contributed by atoms with Crippen LogP contribution in [-0.2, 0) is 33.5 Å². The third-order valence-corrected chi connectivity index (χ3v) is 10.2. The molecule has 0 aromatic heterocycles. The number of hydrogen-bond donors (Lipinski definition) is 8. The number of esters is 1. The lowest BCUT2D eigenvalue weighted by Crippen LogP contribution is -2.57. The van der Waals surface area contributed by atoms with Crippen LogP contribution in [0, 0.1) is 29.6 Å². The molecular formula is C35H62N6O9. The first-order valence-electron chi connectivity index (χ1n) is 18.2. The van der Waals surface area contributed by atoms with E-state index in [0.29, 0.717) is 6.42 Å². The fourth-order valence-electron chi connectivity index (χ4n) is 7.00. The standard InChI is InChI=1S/C35H62N6O9/c1-18(2)27(34(48)40-28(19(3)4)35(49)50-7)39-32(46)24-15-9-12-22(24)11-8-13-23-14-10-16-26(43)29(23)41-31(45)21(6)37-30(44)20(5)38-33(47)25(36)17-42/h18-29,42-43H,8-17,36H2,1-7H3,(H,37,44)(H,38,47)(H,39,46)(H,40,48)(H,41,45)/t20-,21-,22?,23?,24?,25-,26?,27-,28-,29?/m0/s1. The van der Waals surface area contributed by atoms with Crippen LogP contribution in [0.3, 0.4) is 0 Å². The van der Waals surface area contributed by atoms with Crippen molar-refractivity contribution in [1.82, 2.24) is 26.6 Å². The summed E-state index contributed by atoms with van der Waals surface area (Å²) in [4.78, 5) is 76.5. The summed E-state index contributed by atoms with van der Waals surface area (Å²) in [7, 11) is 1.27. The number of nitrogens with two attached hydrogens (primary N) is 1. The first kappa shape index (κ1) is 42.9. The van der Waals surface area contributed by atoms with Crippen LogP contribution >= 0.6 is 0 Å². The Morgan fingerprint density at radius 3 is 1.88 bits per heavy atom. The van der Waals surface area contributed by atoms with Gasteiger partial charge in [0.25, 0.3) is 0 Å². The number of rotatable bonds is 18. The highest BCUT2D eigenvalue weighted by Gasteiger charge is 2.38. The predicted octanol–water partition coefficient (Wildman–Crippen LogP) is 0.00240. The van der Waals surface area contributed by atoms with Gasteiger partial charge in [-0.2, -0.15) is 0 Å². The number of aliphatic hydroxyl groups is 2. The number of nitrogens with one attached hydrogen (secondary N) is 5. The third kappa shape index (κ3) is 12.5. The second-order valence-electron chi connectivity index (χ2n) is 14.8. The first-order valence-corrected chi connectivity index (χ1v) is 18.2. The maximum atomic E-state index is 13.5. The Hall–Kier alpha value is -3.30. The van der Waals surface area contributed by atoms with Crippen molar-refractivity contribution in [3.8, 4) is 0 Å². The monoisotopic (exact) mass is 710 g/mol. The molecule has 2 rings (SSSR count). The number of carbonyl (C=O) groups excluding carboxylic acids is 6. The molecule has 0 aromatic carbocycles. The van der Waals surface area contributed by atoms with Crippen molar-refractivity contribution in [3.05, 3.63) is 0 Å². The van der Waals surface area contributed by atoms with Gasteiger partial charge in [-0.15, -0.1) is 0 Å². The summed E-state index contributed by atoms with van der Waals surface area (Å²) in [6.45, 7) is 9.70. The van der Waals surface area contributed by atoms with E-state index in [1.54, 1.807) is 0 Å². The van der Waals surface area contributed by atoms with Crippen LogP contribution in [0.4, 0.5) is 0 Å². The van der Waals surface area contributed by atoms with Gasteiger partial charge in [-0.3, -0.25) is 24.0 Å². The first-order chi connectivity index (χ1) is 23.5. The second-order valence-corrected chi connectivity index (χ2v) is 14.8. The molecule has 9 N–H and O–H groups in total. The lowest BCUT2D eigenvalue weighted by atomic mass is 9.78. The van der Waals surface area contributed by atoms with Gasteiger partial charge in [-0.25, -0.2) is 4.79 Å². The van der Waals surface area contributed by atoms with Crippen molar-refractivity contribution in [2.45, 2.75) is 142 Å². The van der Waals surface area contributed by atoms with Gasteiger partial charge in [0.1, 0.15) is 30.2 Å². The van der Waals surface area contributed by atoms with Crippen molar-refractivity contribution in [2.24, 2.45) is 35.3 Å². The van der Waals surface area contributed by atoms with Crippen molar-refractivity contribution in [1.29, 1.82) is 0 Å². The SMILES string of the molecule is COC(=O)[C@@H](NC(=O)[C@@H](NC(=O)C1CCCC1CCCC1CCCC(O)C1NC(=O)[C@H](C)NC(=O)[C@H](C)NC(=O)[C@@H](N)CO)C(C)C)C(C)C. The average Bonchev–Trinajstić information content (AvgIpc) is 3.54. The Morgan fingerprint density at radius 2 is 1.28 bits per heavy atom. The van der Waals surface area contributed by atoms with Crippen molar-refractivity contribution in [2.75, 3.05) is 13.7 Å². The van der Waals surface area contributed by atoms with Gasteiger partial charge < -0.3 is 47.3 Å². The van der Waals surface area contributed by atoms with Crippen LogP contribution in [0.15, 0.2) is 0 Å². The van der Waals surface area contributed by atoms with Crippen LogP contribution in [0.2, 0.25) is 0 Å². The number of hydrogen-bond acceptors (Lipinski definition) is 10. The molecule has 50 heavy (non-hydrogen) atoms. The number of carbonyl (C=O) groups is 6. The van der Waals surface area contributed by atoms with E-state index in [-0.39, 0.29) is 35.5 Å². The molecule has 0 bridgehead atoms. The van der Waals surface area contributed by atoms with Gasteiger partial charge in [0.15, 0.2) is 0 Å². The molecule has 10 atom stereocenters. The maximum absolute atomic E-state index is 13.5. The van der Waals surface area contributed by atoms with E-state index in [9.17, 15) is 33.9 Å². The van der Waals surface area contributed by atoms with Crippen LogP contribution in [0.1, 0.15) is 99.3 Å². The minimum Gasteiger partial charge on any atom is -0.467 e. The molecule has 0 heterocycles. The van der Waals surface area contributed by atoms with E-state index in [0.717, 1.165) is 51.4 Å². The molecule has 0 radical (unpaired) electrons. The maximum Gasteiger partial charge on any atom is 0.328 e. The molecule has 15 heteroatoms. The largest absolute Gasteiger partial charge is 0.467 e. The van der Waals surface area contributed by atoms with Gasteiger partial charge in [-0.05, 0) is 76.0 Å². The summed E-state index contributed by atoms with van der Waals surface area (Å²) in [5.74, 6) is -3.36. The summed E-state index contributed by atoms with van der Waals surface area (Å²) in [6, 6.07) is -5.21. The zero-order chi connectivity index (χ0) is 37.7. The average molecular weight is 711 g/mol. The van der Waals surface area contributed by atoms with Crippen molar-refractivity contribution in [3.63, 3.8) is 0 Å². The quantitative estimate of drug-likeness (QED) is 0.0887. The molecule has 2 aliphatic carbocycles. The molecule has 0 spiro atoms. The van der Waals surface area contributed by atoms with Crippen LogP contribution < -0.4 is 32.3 Å². The van der Waals surface area contributed by atoms with Gasteiger partial charge in [0.2, 0.25) is 29.5 Å². The van der Waals surface area contributed by atoms with E-state index in [4.69, 9.17) is 15.6 Å². The number of amides is 5. The fourth-order valence-corrected chi connectivity index (χ4v) is 7.00. The van der Waals surface area contributed by atoms with Gasteiger partial charge >= 0.3 is 5.97 Å². The summed E-state index contributed by atoms with van der Waals surface area (Å²) < 4.78 is 4.84. The molecule has 5 unspecified atom stereocenters. The Balaban J connectivity index is 1.95. The highest BCUT2D eigenvalue weighted by atomic mass is 16.5. The van der Waals surface area contributed by atoms with Crippen molar-refractivity contribution < 1.29 is 43.7 Å². The van der Waals surface area contributed by atoms with E-state index in [2.05, 4.69) is 26.6 Å². The van der Waals surface area contributed by atoms with E-state index in [1.807, 2.05) is 27.7 Å². The smallest absolute Gasteiger partial charge is 0.328 e. The molecule has 0 aliphatic heterocycles. The highest BCUT2D eigenvalue weighted by molar-refractivity contribution is 5.93. The molecule has 0 saturated heterocycles. The normalized spacial score (nSPS) is 25.1. The van der Waals surface area contributed by atoms with Gasteiger partial charge in [0.05, 0.1) is 25.9 Å². The molecule has 5 amide bonds. The fraction of sp³-hybridized carbons (Fsp3) is 0.829. The van der Waals surface area contributed by atoms with E-state index >= 15 is 0 Å². The van der Waals surface area contributed by atoms with Crippen LogP contribution in [0.5, 0.6) is 0 Å². The molecule has 2 aliphatic rings. The molecule has 0 aromatic rings. The number of ether oxygens (including phenoxy) is 1. The zero-order valence-corrected chi connectivity index (χ0v) is 30.8. The van der Waals surface area contributed by atoms with E-state index in [1.165, 1.54) is 21.0 Å². The van der Waals surface area contributed by atoms with Gasteiger partial charge in [0, 0.05) is 5.92 Å². The molecular weight excluding hydrogens is 648 g/mol. The van der Waals surface area contributed by atoms with Crippen LogP contribution in [0.25, 0.3) is 0 Å². The minimum atomic E-state index is -1.17. The van der Waals surface area contributed by atoms with E-state index < -0.39 is 78.6 Å². The van der Waals surface area contributed by atoms with Crippen LogP contribution in [-0.4, -0.2) is 102 Å². The summed E-state index contributed by atoms with van der Waals surface area (Å²) in [5, 5.41) is 33.5. The summed E-state index contributed by atoms with van der Waals surface area (Å²) in [5.41, 5.74) is 5.48. The Labute approximate surface area is 296 Å². The van der Waals surface area contributed by atoms with Gasteiger partial charge in [-0.1, -0.05) is 47.0 Å². The molecule has 2 saturated carbocycles. The third-order valence-electron chi connectivity index (χ3n) is 10.2. The molecule has 2 fully saturated rings. The Bertz CT molecular complexity index is 1170. The summed E-state index contributed by atoms with van der Waals surface area (Å²) >= 11 is 0. The summed E-state index contributed by atoms with van der Waals surface area (Å²) in [6.07, 6.45) is 6.28. The lowest BCUT2D eigenvalue weighted by molar-refractivity contribution is -0.147. The minimum absolute atomic E-state index is 0.00944.